The van der Waals surface area contributed by atoms with E-state index in [1.807, 2.05) is 13.8 Å². The molecule has 0 amide bonds. The molecular weight excluding hydrogens is 180 g/mol. The Morgan fingerprint density at radius 3 is 2.50 bits per heavy atom. The van der Waals surface area contributed by atoms with Gasteiger partial charge >= 0.3 is 5.97 Å². The number of hydrogen-bond donors (Lipinski definition) is 1. The summed E-state index contributed by atoms with van der Waals surface area (Å²) in [6.07, 6.45) is 2.32. The third-order valence-corrected chi connectivity index (χ3v) is 2.61. The molecule has 0 unspecified atom stereocenters. The number of esters is 1. The highest BCUT2D eigenvalue weighted by Gasteiger charge is 2.11. The van der Waals surface area contributed by atoms with E-state index < -0.39 is 0 Å². The van der Waals surface area contributed by atoms with Crippen molar-refractivity contribution >= 4 is 5.97 Å². The van der Waals surface area contributed by atoms with E-state index in [0.29, 0.717) is 24.9 Å². The fourth-order valence-electron chi connectivity index (χ4n) is 1.27. The first-order valence-corrected chi connectivity index (χ1v) is 5.38. The first kappa shape index (κ1) is 13.4. The predicted octanol–water partition coefficient (Wildman–Crippen LogP) is 1.98. The first-order chi connectivity index (χ1) is 6.61. The maximum Gasteiger partial charge on any atom is 0.305 e. The molecule has 0 saturated heterocycles. The Balaban J connectivity index is 3.48. The van der Waals surface area contributed by atoms with Gasteiger partial charge in [-0.3, -0.25) is 4.79 Å². The van der Waals surface area contributed by atoms with Crippen molar-refractivity contribution in [2.45, 2.75) is 40.0 Å². The van der Waals surface area contributed by atoms with Crippen LogP contribution in [-0.4, -0.2) is 24.3 Å². The molecule has 2 atom stereocenters. The lowest BCUT2D eigenvalue weighted by molar-refractivity contribution is -0.143. The van der Waals surface area contributed by atoms with Crippen LogP contribution in [-0.2, 0) is 9.53 Å². The van der Waals surface area contributed by atoms with Gasteiger partial charge in [0.2, 0.25) is 0 Å². The van der Waals surface area contributed by atoms with Crippen molar-refractivity contribution in [1.29, 1.82) is 0 Å². The summed E-state index contributed by atoms with van der Waals surface area (Å²) in [5.41, 5.74) is 0. The molecule has 0 saturated carbocycles. The van der Waals surface area contributed by atoms with Crippen LogP contribution in [0.3, 0.4) is 0 Å². The van der Waals surface area contributed by atoms with Crippen LogP contribution >= 0.6 is 0 Å². The summed E-state index contributed by atoms with van der Waals surface area (Å²) in [6, 6.07) is 0. The third kappa shape index (κ3) is 5.97. The predicted molar refractivity (Wildman–Crippen MR) is 55.9 cm³/mol. The molecule has 0 aliphatic heterocycles. The second-order valence-corrected chi connectivity index (χ2v) is 3.83. The summed E-state index contributed by atoms with van der Waals surface area (Å²) in [7, 11) is 0. The zero-order valence-corrected chi connectivity index (χ0v) is 9.45. The Bertz CT molecular complexity index is 157. The van der Waals surface area contributed by atoms with Crippen molar-refractivity contribution in [2.75, 3.05) is 13.2 Å². The topological polar surface area (TPSA) is 46.5 Å². The van der Waals surface area contributed by atoms with Crippen molar-refractivity contribution in [3.8, 4) is 0 Å². The molecule has 3 heteroatoms. The van der Waals surface area contributed by atoms with E-state index in [2.05, 4.69) is 6.92 Å². The lowest BCUT2D eigenvalue weighted by atomic mass is 9.92. The SMILES string of the molecule is CCOC(=O)CCC[C@H](C)[C@H](C)CO. The van der Waals surface area contributed by atoms with E-state index in [0.717, 1.165) is 12.8 Å². The molecule has 1 N–H and O–H groups in total. The highest BCUT2D eigenvalue weighted by Crippen LogP contribution is 2.17. The number of aliphatic hydroxyl groups excluding tert-OH is 1. The number of carbonyl (C=O) groups excluding carboxylic acids is 1. The van der Waals surface area contributed by atoms with Crippen molar-refractivity contribution in [1.82, 2.24) is 0 Å². The Kier molecular flexibility index (Phi) is 7.48. The fourth-order valence-corrected chi connectivity index (χ4v) is 1.27. The van der Waals surface area contributed by atoms with Crippen molar-refractivity contribution in [3.05, 3.63) is 0 Å². The molecule has 14 heavy (non-hydrogen) atoms. The van der Waals surface area contributed by atoms with E-state index >= 15 is 0 Å². The standard InChI is InChI=1S/C11H22O3/c1-4-14-11(13)7-5-6-9(2)10(3)8-12/h9-10,12H,4-8H2,1-3H3/t9-,10+/m0/s1. The van der Waals surface area contributed by atoms with Gasteiger partial charge in [0.1, 0.15) is 0 Å². The summed E-state index contributed by atoms with van der Waals surface area (Å²) in [5, 5.41) is 8.91. The van der Waals surface area contributed by atoms with Crippen molar-refractivity contribution < 1.29 is 14.6 Å². The average molecular weight is 202 g/mol. The molecule has 0 fully saturated rings. The van der Waals surface area contributed by atoms with Crippen molar-refractivity contribution in [2.24, 2.45) is 11.8 Å². The summed E-state index contributed by atoms with van der Waals surface area (Å²) < 4.78 is 4.82. The van der Waals surface area contributed by atoms with E-state index in [4.69, 9.17) is 9.84 Å². The number of ether oxygens (including phenoxy) is 1. The maximum absolute atomic E-state index is 11.0. The zero-order chi connectivity index (χ0) is 11.0. The molecule has 0 rings (SSSR count). The molecule has 0 aromatic heterocycles. The van der Waals surface area contributed by atoms with E-state index in [-0.39, 0.29) is 12.6 Å². The molecule has 0 aliphatic carbocycles. The second-order valence-electron chi connectivity index (χ2n) is 3.83. The number of hydrogen-bond acceptors (Lipinski definition) is 3. The van der Waals surface area contributed by atoms with Crippen molar-refractivity contribution in [3.63, 3.8) is 0 Å². The normalized spacial score (nSPS) is 14.9. The zero-order valence-electron chi connectivity index (χ0n) is 9.45. The van der Waals surface area contributed by atoms with Crippen LogP contribution in [0.25, 0.3) is 0 Å². The smallest absolute Gasteiger partial charge is 0.305 e. The molecule has 0 aromatic rings. The van der Waals surface area contributed by atoms with Gasteiger partial charge in [0.25, 0.3) is 0 Å². The minimum atomic E-state index is -0.114. The van der Waals surface area contributed by atoms with Crippen LogP contribution in [0.15, 0.2) is 0 Å². The van der Waals surface area contributed by atoms with Gasteiger partial charge in [0.05, 0.1) is 6.61 Å². The van der Waals surface area contributed by atoms with Gasteiger partial charge in [0, 0.05) is 13.0 Å². The van der Waals surface area contributed by atoms with Gasteiger partial charge in [0.15, 0.2) is 0 Å². The summed E-state index contributed by atoms with van der Waals surface area (Å²) in [4.78, 5) is 11.0. The minimum absolute atomic E-state index is 0.114. The van der Waals surface area contributed by atoms with Crippen LogP contribution in [0.2, 0.25) is 0 Å². The Morgan fingerprint density at radius 2 is 2.00 bits per heavy atom. The summed E-state index contributed by atoms with van der Waals surface area (Å²) in [5.74, 6) is 0.669. The molecule has 3 nitrogen and oxygen atoms in total. The number of aliphatic hydroxyl groups is 1. The van der Waals surface area contributed by atoms with Crippen LogP contribution < -0.4 is 0 Å². The first-order valence-electron chi connectivity index (χ1n) is 5.38. The van der Waals surface area contributed by atoms with Crippen LogP contribution in [0.4, 0.5) is 0 Å². The Hall–Kier alpha value is -0.570. The summed E-state index contributed by atoms with van der Waals surface area (Å²) in [6.45, 7) is 6.62. The second kappa shape index (κ2) is 7.80. The largest absolute Gasteiger partial charge is 0.466 e. The highest BCUT2D eigenvalue weighted by molar-refractivity contribution is 5.69. The van der Waals surface area contributed by atoms with Crippen LogP contribution in [0, 0.1) is 11.8 Å². The molecule has 0 aromatic carbocycles. The van der Waals surface area contributed by atoms with Crippen LogP contribution in [0.5, 0.6) is 0 Å². The Morgan fingerprint density at radius 1 is 1.36 bits per heavy atom. The molecule has 0 radical (unpaired) electrons. The highest BCUT2D eigenvalue weighted by atomic mass is 16.5. The number of rotatable bonds is 7. The fraction of sp³-hybridized carbons (Fsp3) is 0.909. The van der Waals surface area contributed by atoms with Crippen LogP contribution in [0.1, 0.15) is 40.0 Å². The molecule has 0 bridgehead atoms. The monoisotopic (exact) mass is 202 g/mol. The van der Waals surface area contributed by atoms with Gasteiger partial charge in [-0.25, -0.2) is 0 Å². The lowest BCUT2D eigenvalue weighted by Crippen LogP contribution is -2.13. The number of carbonyl (C=O) groups is 1. The molecule has 0 spiro atoms. The van der Waals surface area contributed by atoms with Gasteiger partial charge < -0.3 is 9.84 Å². The van der Waals surface area contributed by atoms with Gasteiger partial charge in [-0.05, 0) is 31.6 Å². The van der Waals surface area contributed by atoms with E-state index in [9.17, 15) is 4.79 Å². The average Bonchev–Trinajstić information content (AvgIpc) is 2.16. The molecule has 0 heterocycles. The minimum Gasteiger partial charge on any atom is -0.466 e. The summed E-state index contributed by atoms with van der Waals surface area (Å²) >= 11 is 0. The molecule has 0 aliphatic rings. The molecule has 84 valence electrons. The lowest BCUT2D eigenvalue weighted by Gasteiger charge is -2.16. The van der Waals surface area contributed by atoms with Gasteiger partial charge in [-0.2, -0.15) is 0 Å². The van der Waals surface area contributed by atoms with Gasteiger partial charge in [-0.15, -0.1) is 0 Å². The van der Waals surface area contributed by atoms with E-state index in [1.165, 1.54) is 0 Å². The van der Waals surface area contributed by atoms with Gasteiger partial charge in [-0.1, -0.05) is 13.8 Å². The Labute approximate surface area is 86.5 Å². The maximum atomic E-state index is 11.0. The molecular formula is C11H22O3. The quantitative estimate of drug-likeness (QED) is 0.642. The third-order valence-electron chi connectivity index (χ3n) is 2.61. The van der Waals surface area contributed by atoms with E-state index in [1.54, 1.807) is 0 Å².